The molecule has 2 heterocycles. The number of carboxylic acid groups (broad SMARTS) is 1. The first kappa shape index (κ1) is 29.0. The van der Waals surface area contributed by atoms with Gasteiger partial charge in [-0.3, -0.25) is 19.2 Å². The molecule has 2 aromatic carbocycles. The van der Waals surface area contributed by atoms with Gasteiger partial charge in [0.25, 0.3) is 0 Å². The molecule has 0 bridgehead atoms. The predicted octanol–water partition coefficient (Wildman–Crippen LogP) is 0.805. The minimum Gasteiger partial charge on any atom is -0.480 e. The van der Waals surface area contributed by atoms with Crippen molar-refractivity contribution in [2.75, 3.05) is 0 Å². The number of aromatic amines is 2. The highest BCUT2D eigenvalue weighted by atomic mass is 16.4. The van der Waals surface area contributed by atoms with E-state index in [1.165, 1.54) is 19.4 Å². The van der Waals surface area contributed by atoms with Crippen molar-refractivity contribution in [3.63, 3.8) is 0 Å². The molecule has 0 aliphatic carbocycles. The van der Waals surface area contributed by atoms with E-state index in [2.05, 4.69) is 30.9 Å². The first-order valence-corrected chi connectivity index (χ1v) is 13.2. The fourth-order valence-corrected chi connectivity index (χ4v) is 4.44. The van der Waals surface area contributed by atoms with E-state index in [9.17, 15) is 24.3 Å². The number of nitrogens with two attached hydrogens (primary N) is 1. The Morgan fingerprint density at radius 3 is 2.22 bits per heavy atom. The number of nitrogens with one attached hydrogen (secondary N) is 5. The smallest absolute Gasteiger partial charge is 0.325 e. The van der Waals surface area contributed by atoms with Crippen molar-refractivity contribution in [1.82, 2.24) is 30.9 Å². The van der Waals surface area contributed by atoms with E-state index < -0.39 is 47.9 Å². The molecule has 4 rings (SSSR count). The summed E-state index contributed by atoms with van der Waals surface area (Å²) in [5.74, 6) is -3.05. The molecule has 0 fully saturated rings. The second-order valence-electron chi connectivity index (χ2n) is 9.83. The van der Waals surface area contributed by atoms with Crippen LogP contribution in [0.5, 0.6) is 0 Å². The van der Waals surface area contributed by atoms with E-state index in [1.807, 2.05) is 30.3 Å². The Kier molecular flexibility index (Phi) is 9.48. The molecule has 3 amide bonds. The number of imidazole rings is 1. The molecular weight excluding hydrogens is 526 g/mol. The molecule has 0 radical (unpaired) electrons. The van der Waals surface area contributed by atoms with Crippen LogP contribution in [0.1, 0.15) is 23.7 Å². The summed E-state index contributed by atoms with van der Waals surface area (Å²) in [5, 5.41) is 18.0. The number of carboxylic acids is 1. The molecule has 41 heavy (non-hydrogen) atoms. The number of nitrogens with zero attached hydrogens (tertiary/aromatic N) is 1. The van der Waals surface area contributed by atoms with Crippen LogP contribution in [-0.4, -0.2) is 67.9 Å². The van der Waals surface area contributed by atoms with E-state index in [1.54, 1.807) is 30.5 Å². The van der Waals surface area contributed by atoms with Gasteiger partial charge in [-0.05, 0) is 30.5 Å². The number of carbonyl (C=O) groups is 4. The Morgan fingerprint density at radius 2 is 1.51 bits per heavy atom. The average Bonchev–Trinajstić information content (AvgIpc) is 3.63. The highest BCUT2D eigenvalue weighted by Crippen LogP contribution is 2.19. The van der Waals surface area contributed by atoms with Crippen molar-refractivity contribution < 1.29 is 24.3 Å². The van der Waals surface area contributed by atoms with Gasteiger partial charge in [-0.25, -0.2) is 4.98 Å². The van der Waals surface area contributed by atoms with Gasteiger partial charge in [0.1, 0.15) is 18.1 Å². The fourth-order valence-electron chi connectivity index (χ4n) is 4.44. The standard InChI is InChI=1S/C29H33N7O5/c1-17(29(40)41)34-27(38)24(11-18-7-3-2-4-8-18)36-28(39)25(13-20-15-31-16-33-20)35-26(37)22(30)12-19-14-32-23-10-6-5-9-21(19)23/h2-10,14-17,22,24-25,32H,11-13,30H2,1H3,(H,31,33)(H,34,38)(H,35,37)(H,36,39)(H,40,41). The number of hydrogen-bond donors (Lipinski definition) is 7. The van der Waals surface area contributed by atoms with E-state index in [0.29, 0.717) is 5.69 Å². The van der Waals surface area contributed by atoms with Crippen molar-refractivity contribution in [2.24, 2.45) is 5.73 Å². The number of rotatable bonds is 13. The summed E-state index contributed by atoms with van der Waals surface area (Å²) in [7, 11) is 0. The molecule has 12 heteroatoms. The predicted molar refractivity (Wildman–Crippen MR) is 152 cm³/mol. The lowest BCUT2D eigenvalue weighted by molar-refractivity contribution is -0.141. The topological polar surface area (TPSA) is 195 Å². The molecule has 8 N–H and O–H groups in total. The number of hydrogen-bond acceptors (Lipinski definition) is 6. The molecule has 12 nitrogen and oxygen atoms in total. The van der Waals surface area contributed by atoms with Crippen molar-refractivity contribution >= 4 is 34.6 Å². The van der Waals surface area contributed by atoms with Crippen LogP contribution in [0.4, 0.5) is 0 Å². The van der Waals surface area contributed by atoms with Crippen LogP contribution in [0.3, 0.4) is 0 Å². The maximum absolute atomic E-state index is 13.5. The molecule has 4 aromatic rings. The third-order valence-electron chi connectivity index (χ3n) is 6.71. The van der Waals surface area contributed by atoms with Gasteiger partial charge in [-0.2, -0.15) is 0 Å². The monoisotopic (exact) mass is 559 g/mol. The van der Waals surface area contributed by atoms with Crippen LogP contribution in [0, 0.1) is 0 Å². The van der Waals surface area contributed by atoms with Crippen molar-refractivity contribution in [1.29, 1.82) is 0 Å². The highest BCUT2D eigenvalue weighted by Gasteiger charge is 2.30. The van der Waals surface area contributed by atoms with Crippen LogP contribution in [0.15, 0.2) is 73.3 Å². The van der Waals surface area contributed by atoms with Gasteiger partial charge in [0.2, 0.25) is 17.7 Å². The Balaban J connectivity index is 1.50. The SMILES string of the molecule is CC(NC(=O)C(Cc1ccccc1)NC(=O)C(Cc1cnc[nH]1)NC(=O)C(N)Cc1c[nH]c2ccccc12)C(=O)O. The van der Waals surface area contributed by atoms with Gasteiger partial charge >= 0.3 is 5.97 Å². The maximum atomic E-state index is 13.5. The quantitative estimate of drug-likeness (QED) is 0.126. The zero-order valence-electron chi connectivity index (χ0n) is 22.5. The van der Waals surface area contributed by atoms with E-state index in [-0.39, 0.29) is 19.3 Å². The lowest BCUT2D eigenvalue weighted by atomic mass is 10.0. The minimum absolute atomic E-state index is 0.0581. The normalized spacial score (nSPS) is 14.0. The number of fused-ring (bicyclic) bond motifs is 1. The van der Waals surface area contributed by atoms with Crippen LogP contribution >= 0.6 is 0 Å². The van der Waals surface area contributed by atoms with Crippen LogP contribution in [0.2, 0.25) is 0 Å². The van der Waals surface area contributed by atoms with Crippen molar-refractivity contribution in [3.8, 4) is 0 Å². The Hall–Kier alpha value is -4.97. The van der Waals surface area contributed by atoms with Crippen molar-refractivity contribution in [3.05, 3.63) is 90.1 Å². The molecule has 0 saturated heterocycles. The molecule has 214 valence electrons. The molecule has 4 unspecified atom stereocenters. The second-order valence-corrected chi connectivity index (χ2v) is 9.83. The Labute approximate surface area is 236 Å². The first-order chi connectivity index (χ1) is 19.7. The molecule has 0 saturated carbocycles. The van der Waals surface area contributed by atoms with E-state index in [0.717, 1.165) is 22.0 Å². The van der Waals surface area contributed by atoms with Gasteiger partial charge in [-0.15, -0.1) is 0 Å². The first-order valence-electron chi connectivity index (χ1n) is 13.2. The summed E-state index contributed by atoms with van der Waals surface area (Å²) in [6, 6.07) is 12.3. The number of amides is 3. The molecule has 4 atom stereocenters. The third-order valence-corrected chi connectivity index (χ3v) is 6.71. The van der Waals surface area contributed by atoms with E-state index in [4.69, 9.17) is 5.73 Å². The molecule has 0 aliphatic rings. The fraction of sp³-hybridized carbons (Fsp3) is 0.276. The summed E-state index contributed by atoms with van der Waals surface area (Å²) in [6.45, 7) is 1.33. The van der Waals surface area contributed by atoms with Crippen LogP contribution in [0.25, 0.3) is 10.9 Å². The number of aromatic nitrogens is 3. The molecular formula is C29H33N7O5. The number of benzene rings is 2. The third kappa shape index (κ3) is 7.79. The van der Waals surface area contributed by atoms with Gasteiger partial charge in [0, 0.05) is 41.8 Å². The number of H-pyrrole nitrogens is 2. The zero-order valence-corrected chi connectivity index (χ0v) is 22.5. The minimum atomic E-state index is -1.21. The van der Waals surface area contributed by atoms with Gasteiger partial charge in [0.15, 0.2) is 0 Å². The molecule has 0 aliphatic heterocycles. The average molecular weight is 560 g/mol. The van der Waals surface area contributed by atoms with Gasteiger partial charge in [-0.1, -0.05) is 48.5 Å². The summed E-state index contributed by atoms with van der Waals surface area (Å²) in [6.07, 6.45) is 5.19. The largest absolute Gasteiger partial charge is 0.480 e. The number of aliphatic carboxylic acids is 1. The molecule has 2 aromatic heterocycles. The lowest BCUT2D eigenvalue weighted by Gasteiger charge is -2.24. The van der Waals surface area contributed by atoms with E-state index >= 15 is 0 Å². The van der Waals surface area contributed by atoms with Gasteiger partial charge < -0.3 is 36.8 Å². The number of carbonyl (C=O) groups excluding carboxylic acids is 3. The Bertz CT molecular complexity index is 1490. The lowest BCUT2D eigenvalue weighted by Crippen LogP contribution is -2.58. The Morgan fingerprint density at radius 1 is 0.854 bits per heavy atom. The van der Waals surface area contributed by atoms with Gasteiger partial charge in [0.05, 0.1) is 12.4 Å². The summed E-state index contributed by atoms with van der Waals surface area (Å²) < 4.78 is 0. The maximum Gasteiger partial charge on any atom is 0.325 e. The van der Waals surface area contributed by atoms with Crippen molar-refractivity contribution in [2.45, 2.75) is 50.4 Å². The summed E-state index contributed by atoms with van der Waals surface area (Å²) >= 11 is 0. The number of para-hydroxylation sites is 1. The summed E-state index contributed by atoms with van der Waals surface area (Å²) in [4.78, 5) is 61.1. The van der Waals surface area contributed by atoms with Crippen LogP contribution < -0.4 is 21.7 Å². The second kappa shape index (κ2) is 13.4. The summed E-state index contributed by atoms with van der Waals surface area (Å²) in [5.41, 5.74) is 9.39. The highest BCUT2D eigenvalue weighted by molar-refractivity contribution is 5.94. The molecule has 0 spiro atoms. The zero-order chi connectivity index (χ0) is 29.4. The van der Waals surface area contributed by atoms with Crippen LogP contribution in [-0.2, 0) is 38.4 Å².